The van der Waals surface area contributed by atoms with Crippen LogP contribution in [0, 0.1) is 0 Å². The summed E-state index contributed by atoms with van der Waals surface area (Å²) in [6.45, 7) is 0.598. The minimum Gasteiger partial charge on any atom is -0.484 e. The molecular weight excluding hydrogens is 396 g/mol. The Morgan fingerprint density at radius 2 is 1.93 bits per heavy atom. The standard InChI is InChI=1S/C23H22N4O2S/c1-27(2)20(28)13-29-18-10-6-7-16(11-18)12-24-22-21-19(17-8-4-3-5-9-17)14-30-23(21)26-15-25-22/h3-11,14-15H,12-13H2,1-2H3,(H,24,25,26). The first-order valence-electron chi connectivity index (χ1n) is 9.55. The van der Waals surface area contributed by atoms with Crippen LogP contribution in [0.25, 0.3) is 21.3 Å². The van der Waals surface area contributed by atoms with Crippen LogP contribution in [0.5, 0.6) is 5.75 Å². The van der Waals surface area contributed by atoms with Gasteiger partial charge in [0.1, 0.15) is 22.7 Å². The molecule has 0 aliphatic rings. The molecule has 30 heavy (non-hydrogen) atoms. The van der Waals surface area contributed by atoms with Crippen molar-refractivity contribution in [3.63, 3.8) is 0 Å². The summed E-state index contributed by atoms with van der Waals surface area (Å²) < 4.78 is 5.61. The van der Waals surface area contributed by atoms with Crippen LogP contribution in [-0.4, -0.2) is 41.5 Å². The molecule has 0 aliphatic carbocycles. The van der Waals surface area contributed by atoms with Crippen molar-refractivity contribution in [3.05, 3.63) is 71.9 Å². The molecule has 0 unspecified atom stereocenters. The van der Waals surface area contributed by atoms with Crippen LogP contribution in [0.4, 0.5) is 5.82 Å². The second-order valence-corrected chi connectivity index (χ2v) is 7.85. The van der Waals surface area contributed by atoms with Crippen LogP contribution >= 0.6 is 11.3 Å². The van der Waals surface area contributed by atoms with E-state index in [2.05, 4.69) is 32.8 Å². The number of nitrogens with zero attached hydrogens (tertiary/aromatic N) is 3. The number of likely N-dealkylation sites (N-methyl/N-ethyl adjacent to an activating group) is 1. The molecule has 0 aliphatic heterocycles. The Labute approximate surface area is 179 Å². The number of rotatable bonds is 7. The maximum absolute atomic E-state index is 11.7. The first-order valence-corrected chi connectivity index (χ1v) is 10.4. The topological polar surface area (TPSA) is 67.3 Å². The van der Waals surface area contributed by atoms with Gasteiger partial charge in [-0.15, -0.1) is 11.3 Å². The van der Waals surface area contributed by atoms with Gasteiger partial charge in [0.25, 0.3) is 5.91 Å². The van der Waals surface area contributed by atoms with E-state index in [1.807, 2.05) is 42.5 Å². The smallest absolute Gasteiger partial charge is 0.259 e. The number of amides is 1. The Kier molecular flexibility index (Phi) is 5.90. The third-order valence-corrected chi connectivity index (χ3v) is 5.56. The van der Waals surface area contributed by atoms with Crippen molar-refractivity contribution in [2.24, 2.45) is 0 Å². The molecule has 0 saturated heterocycles. The molecule has 2 aromatic heterocycles. The number of hydrogen-bond acceptors (Lipinski definition) is 6. The number of thiophene rings is 1. The summed E-state index contributed by atoms with van der Waals surface area (Å²) >= 11 is 1.61. The molecule has 1 amide bonds. The molecular formula is C23H22N4O2S. The predicted molar refractivity (Wildman–Crippen MR) is 121 cm³/mol. The minimum atomic E-state index is -0.0761. The van der Waals surface area contributed by atoms with Crippen LogP contribution in [0.2, 0.25) is 0 Å². The lowest BCUT2D eigenvalue weighted by Crippen LogP contribution is -2.27. The molecule has 7 heteroatoms. The zero-order valence-corrected chi connectivity index (χ0v) is 17.6. The van der Waals surface area contributed by atoms with Crippen molar-refractivity contribution in [2.75, 3.05) is 26.0 Å². The third kappa shape index (κ3) is 4.41. The highest BCUT2D eigenvalue weighted by Crippen LogP contribution is 2.36. The summed E-state index contributed by atoms with van der Waals surface area (Å²) in [4.78, 5) is 23.1. The van der Waals surface area contributed by atoms with Crippen LogP contribution in [-0.2, 0) is 11.3 Å². The normalized spacial score (nSPS) is 10.7. The number of carbonyl (C=O) groups excluding carboxylic acids is 1. The van der Waals surface area contributed by atoms with Gasteiger partial charge in [0.2, 0.25) is 0 Å². The van der Waals surface area contributed by atoms with E-state index in [1.165, 1.54) is 4.90 Å². The summed E-state index contributed by atoms with van der Waals surface area (Å²) in [5, 5.41) is 6.58. The molecule has 1 N–H and O–H groups in total. The van der Waals surface area contributed by atoms with E-state index in [9.17, 15) is 4.79 Å². The van der Waals surface area contributed by atoms with Crippen LogP contribution < -0.4 is 10.1 Å². The molecule has 4 rings (SSSR count). The van der Waals surface area contributed by atoms with E-state index in [-0.39, 0.29) is 12.5 Å². The molecule has 152 valence electrons. The summed E-state index contributed by atoms with van der Waals surface area (Å²) in [5.74, 6) is 1.39. The van der Waals surface area contributed by atoms with Gasteiger partial charge in [0.05, 0.1) is 5.39 Å². The lowest BCUT2D eigenvalue weighted by Gasteiger charge is -2.12. The number of anilines is 1. The monoisotopic (exact) mass is 418 g/mol. The average Bonchev–Trinajstić information content (AvgIpc) is 3.22. The fourth-order valence-electron chi connectivity index (χ4n) is 3.04. The van der Waals surface area contributed by atoms with Crippen molar-refractivity contribution < 1.29 is 9.53 Å². The van der Waals surface area contributed by atoms with Crippen molar-refractivity contribution >= 4 is 33.3 Å². The molecule has 0 bridgehead atoms. The number of aromatic nitrogens is 2. The molecule has 2 aromatic carbocycles. The van der Waals surface area contributed by atoms with E-state index in [1.54, 1.807) is 31.8 Å². The summed E-state index contributed by atoms with van der Waals surface area (Å²) in [6, 6.07) is 18.0. The maximum Gasteiger partial charge on any atom is 0.259 e. The van der Waals surface area contributed by atoms with E-state index in [0.29, 0.717) is 12.3 Å². The minimum absolute atomic E-state index is 0.0196. The number of fused-ring (bicyclic) bond motifs is 1. The Balaban J connectivity index is 1.53. The van der Waals surface area contributed by atoms with Crippen LogP contribution in [0.15, 0.2) is 66.3 Å². The zero-order valence-electron chi connectivity index (χ0n) is 16.8. The highest BCUT2D eigenvalue weighted by Gasteiger charge is 2.13. The van der Waals surface area contributed by atoms with Crippen molar-refractivity contribution in [1.82, 2.24) is 14.9 Å². The van der Waals surface area contributed by atoms with E-state index in [0.717, 1.165) is 32.7 Å². The lowest BCUT2D eigenvalue weighted by atomic mass is 10.1. The van der Waals surface area contributed by atoms with Gasteiger partial charge >= 0.3 is 0 Å². The maximum atomic E-state index is 11.7. The van der Waals surface area contributed by atoms with Gasteiger partial charge in [0.15, 0.2) is 6.61 Å². The first-order chi connectivity index (χ1) is 14.6. The lowest BCUT2D eigenvalue weighted by molar-refractivity contribution is -0.130. The molecule has 0 radical (unpaired) electrons. The van der Waals surface area contributed by atoms with Gasteiger partial charge in [-0.1, -0.05) is 42.5 Å². The molecule has 2 heterocycles. The van der Waals surface area contributed by atoms with Gasteiger partial charge in [-0.2, -0.15) is 0 Å². The SMILES string of the molecule is CN(C)C(=O)COc1cccc(CNc2ncnc3scc(-c4ccccc4)c23)c1. The summed E-state index contributed by atoms with van der Waals surface area (Å²) in [5.41, 5.74) is 3.30. The third-order valence-electron chi connectivity index (χ3n) is 4.67. The zero-order chi connectivity index (χ0) is 20.9. The molecule has 6 nitrogen and oxygen atoms in total. The average molecular weight is 419 g/mol. The number of carbonyl (C=O) groups is 1. The quantitative estimate of drug-likeness (QED) is 0.481. The molecule has 0 saturated carbocycles. The summed E-state index contributed by atoms with van der Waals surface area (Å²) in [7, 11) is 3.42. The highest BCUT2D eigenvalue weighted by molar-refractivity contribution is 7.17. The van der Waals surface area contributed by atoms with Gasteiger partial charge in [0, 0.05) is 31.6 Å². The molecule has 0 atom stereocenters. The Morgan fingerprint density at radius 3 is 2.73 bits per heavy atom. The van der Waals surface area contributed by atoms with Gasteiger partial charge in [-0.25, -0.2) is 9.97 Å². The fraction of sp³-hybridized carbons (Fsp3) is 0.174. The first kappa shape index (κ1) is 19.8. The fourth-order valence-corrected chi connectivity index (χ4v) is 3.96. The molecule has 0 fully saturated rings. The van der Waals surface area contributed by atoms with Crippen LogP contribution in [0.1, 0.15) is 5.56 Å². The highest BCUT2D eigenvalue weighted by atomic mass is 32.1. The van der Waals surface area contributed by atoms with Gasteiger partial charge in [-0.05, 0) is 23.3 Å². The number of nitrogens with one attached hydrogen (secondary N) is 1. The molecule has 4 aromatic rings. The Morgan fingerprint density at radius 1 is 1.10 bits per heavy atom. The van der Waals surface area contributed by atoms with Crippen LogP contribution in [0.3, 0.4) is 0 Å². The Hall–Kier alpha value is -3.45. The van der Waals surface area contributed by atoms with E-state index in [4.69, 9.17) is 4.74 Å². The second-order valence-electron chi connectivity index (χ2n) is 7.00. The van der Waals surface area contributed by atoms with E-state index >= 15 is 0 Å². The predicted octanol–water partition coefficient (Wildman–Crippen LogP) is 4.44. The van der Waals surface area contributed by atoms with Crippen molar-refractivity contribution in [3.8, 4) is 16.9 Å². The largest absolute Gasteiger partial charge is 0.484 e. The second kappa shape index (κ2) is 8.92. The van der Waals surface area contributed by atoms with Crippen molar-refractivity contribution in [1.29, 1.82) is 0 Å². The number of ether oxygens (including phenoxy) is 1. The number of hydrogen-bond donors (Lipinski definition) is 1. The molecule has 0 spiro atoms. The van der Waals surface area contributed by atoms with Gasteiger partial charge in [-0.3, -0.25) is 4.79 Å². The Bertz CT molecular complexity index is 1160. The summed E-state index contributed by atoms with van der Waals surface area (Å²) in [6.07, 6.45) is 1.59. The van der Waals surface area contributed by atoms with E-state index < -0.39 is 0 Å². The van der Waals surface area contributed by atoms with Gasteiger partial charge < -0.3 is 15.0 Å². The van der Waals surface area contributed by atoms with Crippen molar-refractivity contribution in [2.45, 2.75) is 6.54 Å². The number of benzene rings is 2.